The number of unbranched alkanes of at least 4 members (excludes halogenated alkanes) is 3. The maximum absolute atomic E-state index is 10.7. The Morgan fingerprint density at radius 2 is 1.94 bits per heavy atom. The lowest BCUT2D eigenvalue weighted by Gasteiger charge is -1.91. The molecule has 0 atom stereocenters. The molecule has 2 nitrogen and oxygen atoms in total. The Bertz CT molecular complexity index is 303. The van der Waals surface area contributed by atoms with Crippen molar-refractivity contribution in [3.63, 3.8) is 0 Å². The van der Waals surface area contributed by atoms with Crippen LogP contribution in [0.4, 0.5) is 0 Å². The highest BCUT2D eigenvalue weighted by atomic mass is 16.5. The highest BCUT2D eigenvalue weighted by molar-refractivity contribution is 5.88. The van der Waals surface area contributed by atoms with Gasteiger partial charge in [0.1, 0.15) is 0 Å². The molecule has 0 radical (unpaired) electrons. The van der Waals surface area contributed by atoms with Crippen LogP contribution in [0.15, 0.2) is 24.3 Å². The maximum atomic E-state index is 10.7. The summed E-state index contributed by atoms with van der Waals surface area (Å²) in [6, 6.07) is 0. The van der Waals surface area contributed by atoms with Crippen molar-refractivity contribution in [2.45, 2.75) is 45.4 Å². The van der Waals surface area contributed by atoms with Gasteiger partial charge in [0.15, 0.2) is 0 Å². The first-order valence-electron chi connectivity index (χ1n) is 6.18. The van der Waals surface area contributed by atoms with Crippen molar-refractivity contribution in [1.82, 2.24) is 0 Å². The topological polar surface area (TPSA) is 26.3 Å². The van der Waals surface area contributed by atoms with Crippen molar-refractivity contribution < 1.29 is 9.53 Å². The summed E-state index contributed by atoms with van der Waals surface area (Å²) in [5.74, 6) is 4.76. The summed E-state index contributed by atoms with van der Waals surface area (Å²) in [6.07, 6.45) is 14.9. The van der Waals surface area contributed by atoms with Crippen LogP contribution >= 0.6 is 0 Å². The number of esters is 1. The largest absolute Gasteiger partial charge is 0.459 e. The fourth-order valence-electron chi connectivity index (χ4n) is 1.22. The summed E-state index contributed by atoms with van der Waals surface area (Å²) in [6.45, 7) is 2.13. The number of carbonyl (C=O) groups is 1. The number of carbonyl (C=O) groups excluding carboxylic acids is 1. The molecule has 0 amide bonds. The Labute approximate surface area is 105 Å². The van der Waals surface area contributed by atoms with E-state index >= 15 is 0 Å². The molecular formula is C15H22O2. The minimum absolute atomic E-state index is 0.451. The van der Waals surface area contributed by atoms with Crippen LogP contribution in [0.25, 0.3) is 0 Å². The Balaban J connectivity index is 3.36. The summed E-state index contributed by atoms with van der Waals surface area (Å²) in [4.78, 5) is 10.7. The number of methoxy groups -OCH3 is 1. The fourth-order valence-corrected chi connectivity index (χ4v) is 1.22. The van der Waals surface area contributed by atoms with Gasteiger partial charge in [-0.2, -0.15) is 0 Å². The van der Waals surface area contributed by atoms with Crippen molar-refractivity contribution in [2.24, 2.45) is 0 Å². The first-order valence-corrected chi connectivity index (χ1v) is 6.18. The van der Waals surface area contributed by atoms with E-state index in [0.29, 0.717) is 0 Å². The zero-order chi connectivity index (χ0) is 12.8. The molecule has 2 heteroatoms. The number of allylic oxidation sites excluding steroid dienone is 4. The number of hydrogen-bond donors (Lipinski definition) is 0. The Hall–Kier alpha value is -1.49. The van der Waals surface area contributed by atoms with E-state index in [-0.39, 0.29) is 0 Å². The molecule has 0 aromatic heterocycles. The van der Waals surface area contributed by atoms with Gasteiger partial charge in [0.05, 0.1) is 7.11 Å². The van der Waals surface area contributed by atoms with Gasteiger partial charge in [-0.05, 0) is 32.1 Å². The van der Waals surface area contributed by atoms with Gasteiger partial charge < -0.3 is 4.74 Å². The summed E-state index contributed by atoms with van der Waals surface area (Å²) in [5, 5.41) is 0. The Morgan fingerprint density at radius 1 is 1.18 bits per heavy atom. The van der Waals surface area contributed by atoms with Crippen LogP contribution in [-0.4, -0.2) is 13.1 Å². The highest BCUT2D eigenvalue weighted by Gasteiger charge is 1.88. The van der Waals surface area contributed by atoms with Crippen molar-refractivity contribution in [3.8, 4) is 11.8 Å². The van der Waals surface area contributed by atoms with Gasteiger partial charge in [0.25, 0.3) is 0 Å². The third-order valence-electron chi connectivity index (χ3n) is 2.14. The maximum Gasteiger partial charge on any atom is 0.384 e. The molecule has 0 unspecified atom stereocenters. The monoisotopic (exact) mass is 234 g/mol. The van der Waals surface area contributed by atoms with Crippen LogP contribution in [0.5, 0.6) is 0 Å². The van der Waals surface area contributed by atoms with Crippen LogP contribution in [0, 0.1) is 11.8 Å². The van der Waals surface area contributed by atoms with Crippen LogP contribution in [0.3, 0.4) is 0 Å². The van der Waals surface area contributed by atoms with Crippen molar-refractivity contribution >= 4 is 5.97 Å². The number of rotatable bonds is 7. The average molecular weight is 234 g/mol. The molecule has 0 saturated heterocycles. The van der Waals surface area contributed by atoms with Gasteiger partial charge in [-0.3, -0.25) is 0 Å². The van der Waals surface area contributed by atoms with Gasteiger partial charge in [0.2, 0.25) is 0 Å². The minimum Gasteiger partial charge on any atom is -0.459 e. The SMILES string of the molecule is CCC=CC/C=C\CCCCC#CC(=O)OC. The molecule has 0 spiro atoms. The zero-order valence-electron chi connectivity index (χ0n) is 10.9. The molecule has 0 heterocycles. The van der Waals surface area contributed by atoms with E-state index < -0.39 is 5.97 Å². The van der Waals surface area contributed by atoms with Crippen LogP contribution in [-0.2, 0) is 9.53 Å². The summed E-state index contributed by atoms with van der Waals surface area (Å²) in [5.41, 5.74) is 0. The molecule has 0 fully saturated rings. The van der Waals surface area contributed by atoms with Gasteiger partial charge in [-0.1, -0.05) is 37.1 Å². The summed E-state index contributed by atoms with van der Waals surface area (Å²) < 4.78 is 4.41. The van der Waals surface area contributed by atoms with Gasteiger partial charge >= 0.3 is 5.97 Å². The van der Waals surface area contributed by atoms with Gasteiger partial charge in [-0.25, -0.2) is 4.79 Å². The quantitative estimate of drug-likeness (QED) is 0.221. The van der Waals surface area contributed by atoms with E-state index in [1.54, 1.807) is 0 Å². The first kappa shape index (κ1) is 15.5. The summed E-state index contributed by atoms with van der Waals surface area (Å²) in [7, 11) is 1.34. The predicted molar refractivity (Wildman–Crippen MR) is 71.4 cm³/mol. The third-order valence-corrected chi connectivity index (χ3v) is 2.14. The molecule has 0 aliphatic heterocycles. The van der Waals surface area contributed by atoms with E-state index in [1.807, 2.05) is 0 Å². The highest BCUT2D eigenvalue weighted by Crippen LogP contribution is 2.00. The van der Waals surface area contributed by atoms with Crippen molar-refractivity contribution in [3.05, 3.63) is 24.3 Å². The lowest BCUT2D eigenvalue weighted by atomic mass is 10.2. The Morgan fingerprint density at radius 3 is 2.65 bits per heavy atom. The second kappa shape index (κ2) is 12.6. The molecule has 0 N–H and O–H groups in total. The third kappa shape index (κ3) is 12.4. The van der Waals surface area contributed by atoms with E-state index in [1.165, 1.54) is 7.11 Å². The van der Waals surface area contributed by atoms with Crippen LogP contribution in [0.2, 0.25) is 0 Å². The molecule has 0 aliphatic carbocycles. The second-order valence-corrected chi connectivity index (χ2v) is 3.63. The molecule has 94 valence electrons. The molecule has 0 saturated carbocycles. The van der Waals surface area contributed by atoms with Crippen molar-refractivity contribution in [1.29, 1.82) is 0 Å². The average Bonchev–Trinajstić information content (AvgIpc) is 2.35. The fraction of sp³-hybridized carbons (Fsp3) is 0.533. The number of ether oxygens (including phenoxy) is 1. The van der Waals surface area contributed by atoms with Gasteiger partial charge in [-0.15, -0.1) is 0 Å². The molecule has 0 aliphatic rings. The second-order valence-electron chi connectivity index (χ2n) is 3.63. The molecular weight excluding hydrogens is 212 g/mol. The molecule has 0 aromatic carbocycles. The Kier molecular flexibility index (Phi) is 11.5. The van der Waals surface area contributed by atoms with Crippen LogP contribution < -0.4 is 0 Å². The molecule has 0 bridgehead atoms. The predicted octanol–water partition coefficient (Wildman–Crippen LogP) is 3.64. The molecule has 0 aromatic rings. The van der Waals surface area contributed by atoms with Gasteiger partial charge in [0, 0.05) is 12.3 Å². The molecule has 17 heavy (non-hydrogen) atoms. The van der Waals surface area contributed by atoms with Crippen molar-refractivity contribution in [2.75, 3.05) is 7.11 Å². The van der Waals surface area contributed by atoms with E-state index in [0.717, 1.165) is 38.5 Å². The smallest absolute Gasteiger partial charge is 0.384 e. The van der Waals surface area contributed by atoms with E-state index in [9.17, 15) is 4.79 Å². The standard InChI is InChI=1S/C15H22O2/c1-3-4-5-6-7-8-9-10-11-12-13-14-15(16)17-2/h4-5,7-8H,3,6,9-12H2,1-2H3/b5-4?,8-7-. The number of hydrogen-bond acceptors (Lipinski definition) is 2. The first-order chi connectivity index (χ1) is 8.31. The zero-order valence-corrected chi connectivity index (χ0v) is 10.9. The van der Waals surface area contributed by atoms with Crippen LogP contribution in [0.1, 0.15) is 45.4 Å². The lowest BCUT2D eigenvalue weighted by molar-refractivity contribution is -0.133. The lowest BCUT2D eigenvalue weighted by Crippen LogP contribution is -1.94. The van der Waals surface area contributed by atoms with E-state index in [4.69, 9.17) is 0 Å². The van der Waals surface area contributed by atoms with E-state index in [2.05, 4.69) is 47.8 Å². The normalized spacial score (nSPS) is 10.5. The summed E-state index contributed by atoms with van der Waals surface area (Å²) >= 11 is 0. The minimum atomic E-state index is -0.451. The molecule has 0 rings (SSSR count).